The minimum atomic E-state index is -0.108. The molecule has 11 aromatic carbocycles. The molecule has 342 valence electrons. The van der Waals surface area contributed by atoms with Gasteiger partial charge in [-0.1, -0.05) is 137 Å². The molecule has 0 bridgehead atoms. The smallest absolute Gasteiger partial charge is 0.178 e. The summed E-state index contributed by atoms with van der Waals surface area (Å²) < 4.78 is 13.8. The molecule has 2 aromatic heterocycles. The molecule has 2 aliphatic rings. The summed E-state index contributed by atoms with van der Waals surface area (Å²) in [6.07, 6.45) is 0. The summed E-state index contributed by atoms with van der Waals surface area (Å²) in [6.45, 7) is 9.37. The van der Waals surface area contributed by atoms with Crippen molar-refractivity contribution in [2.45, 2.75) is 38.5 Å². The van der Waals surface area contributed by atoms with E-state index in [0.717, 1.165) is 99.5 Å². The Kier molecular flexibility index (Phi) is 8.44. The quantitative estimate of drug-likeness (QED) is 0.166. The van der Waals surface area contributed by atoms with Crippen molar-refractivity contribution in [3.05, 3.63) is 241 Å². The molecule has 0 fully saturated rings. The maximum atomic E-state index is 6.88. The van der Waals surface area contributed by atoms with Crippen molar-refractivity contribution in [1.82, 2.24) is 0 Å². The van der Waals surface area contributed by atoms with Gasteiger partial charge in [-0.3, -0.25) is 0 Å². The molecule has 0 N–H and O–H groups in total. The van der Waals surface area contributed by atoms with Gasteiger partial charge in [0.15, 0.2) is 11.2 Å². The number of nitrogens with zero attached hydrogens (tertiary/aromatic N) is 2. The summed E-state index contributed by atoms with van der Waals surface area (Å²) in [5, 5.41) is 8.74. The van der Waals surface area contributed by atoms with E-state index in [9.17, 15) is 0 Å². The fraction of sp³-hybridized carbons (Fsp3) is 0.0882. The van der Waals surface area contributed by atoms with Gasteiger partial charge < -0.3 is 18.6 Å². The van der Waals surface area contributed by atoms with Crippen LogP contribution in [-0.2, 0) is 10.8 Å². The van der Waals surface area contributed by atoms with Crippen LogP contribution in [0, 0.1) is 0 Å². The van der Waals surface area contributed by atoms with Crippen molar-refractivity contribution in [1.29, 1.82) is 0 Å². The maximum absolute atomic E-state index is 6.88. The number of anilines is 6. The van der Waals surface area contributed by atoms with E-state index in [1.165, 1.54) is 44.5 Å². The molecule has 0 radical (unpaired) electrons. The van der Waals surface area contributed by atoms with Crippen molar-refractivity contribution in [2.75, 3.05) is 9.80 Å². The summed E-state index contributed by atoms with van der Waals surface area (Å²) >= 11 is 0. The first-order valence-corrected chi connectivity index (χ1v) is 25.1. The van der Waals surface area contributed by atoms with Gasteiger partial charge in [0.1, 0.15) is 11.2 Å². The number of rotatable bonds is 6. The monoisotopic (exact) mass is 924 g/mol. The second-order valence-electron chi connectivity index (χ2n) is 20.9. The van der Waals surface area contributed by atoms with Crippen molar-refractivity contribution in [3.8, 4) is 22.3 Å². The number of benzene rings is 11. The molecule has 0 atom stereocenters. The summed E-state index contributed by atoms with van der Waals surface area (Å²) in [5.41, 5.74) is 20.3. The molecule has 15 rings (SSSR count). The number of fused-ring (bicyclic) bond motifs is 15. The highest BCUT2D eigenvalue weighted by atomic mass is 16.4. The van der Waals surface area contributed by atoms with E-state index < -0.39 is 0 Å². The summed E-state index contributed by atoms with van der Waals surface area (Å²) in [4.78, 5) is 4.75. The van der Waals surface area contributed by atoms with Crippen LogP contribution >= 0.6 is 0 Å². The van der Waals surface area contributed by atoms with Gasteiger partial charge in [0, 0.05) is 66.5 Å². The standard InChI is InChI=1S/C68H48N2O2/c1-67(2)59-21-13-11-19-51(59)53-29-27-49(39-61(53)67)69(45-15-7-5-8-16-45)47-25-23-41-35-57-55-31-32-56-58-36-42-24-26-48(34-44(42)38-64(58)72-66(56)65(55)71-63(57)37-43(41)33-47)70(46-17-9-6-10-18-46)50-28-30-54-52-20-12-14-22-60(52)68(3,4)62(54)40-50/h5-40H,1-4H3. The fourth-order valence-corrected chi connectivity index (χ4v) is 12.5. The molecule has 2 heterocycles. The van der Waals surface area contributed by atoms with Gasteiger partial charge in [0.25, 0.3) is 0 Å². The van der Waals surface area contributed by atoms with Crippen molar-refractivity contribution < 1.29 is 8.83 Å². The van der Waals surface area contributed by atoms with E-state index in [1.54, 1.807) is 0 Å². The van der Waals surface area contributed by atoms with E-state index in [1.807, 2.05) is 0 Å². The first-order chi connectivity index (χ1) is 35.2. The third-order valence-corrected chi connectivity index (χ3v) is 16.2. The lowest BCUT2D eigenvalue weighted by Crippen LogP contribution is -2.16. The van der Waals surface area contributed by atoms with E-state index in [2.05, 4.69) is 256 Å². The summed E-state index contributed by atoms with van der Waals surface area (Å²) in [6, 6.07) is 79.9. The molecule has 0 amide bonds. The number of hydrogen-bond donors (Lipinski definition) is 0. The highest BCUT2D eigenvalue weighted by Crippen LogP contribution is 2.53. The topological polar surface area (TPSA) is 32.8 Å². The Morgan fingerprint density at radius 3 is 1.10 bits per heavy atom. The minimum Gasteiger partial charge on any atom is -0.452 e. The zero-order valence-electron chi connectivity index (χ0n) is 40.5. The van der Waals surface area contributed by atoms with E-state index in [4.69, 9.17) is 8.83 Å². The Morgan fingerprint density at radius 2 is 0.653 bits per heavy atom. The Morgan fingerprint density at radius 1 is 0.278 bits per heavy atom. The Balaban J connectivity index is 0.823. The molecule has 13 aromatic rings. The average Bonchev–Trinajstić information content (AvgIpc) is 4.10. The molecule has 0 aliphatic heterocycles. The van der Waals surface area contributed by atoms with Crippen LogP contribution in [0.15, 0.2) is 227 Å². The van der Waals surface area contributed by atoms with Gasteiger partial charge in [-0.05, 0) is 175 Å². The second-order valence-corrected chi connectivity index (χ2v) is 20.9. The number of furan rings is 2. The van der Waals surface area contributed by atoms with Crippen LogP contribution in [0.2, 0.25) is 0 Å². The van der Waals surface area contributed by atoms with E-state index in [0.29, 0.717) is 0 Å². The van der Waals surface area contributed by atoms with Gasteiger partial charge in [-0.15, -0.1) is 0 Å². The van der Waals surface area contributed by atoms with Crippen LogP contribution in [0.4, 0.5) is 34.1 Å². The lowest BCUT2D eigenvalue weighted by Gasteiger charge is -2.28. The molecule has 4 heteroatoms. The van der Waals surface area contributed by atoms with Crippen LogP contribution in [0.5, 0.6) is 0 Å². The third kappa shape index (κ3) is 5.87. The Labute approximate surface area is 417 Å². The number of hydrogen-bond acceptors (Lipinski definition) is 4. The van der Waals surface area contributed by atoms with Gasteiger partial charge in [0.2, 0.25) is 0 Å². The van der Waals surface area contributed by atoms with Crippen molar-refractivity contribution in [3.63, 3.8) is 0 Å². The SMILES string of the molecule is CC1(C)c2ccccc2-c2ccc(N(c3ccccc3)c3ccc4cc5c(cc4c3)oc3c5ccc4c5cc6ccc(N(c7ccccc7)c7ccc8c(c7)C(C)(C)c7ccccc7-8)cc6cc5oc43)cc21. The number of para-hydroxylation sites is 2. The molecule has 72 heavy (non-hydrogen) atoms. The van der Waals surface area contributed by atoms with Crippen LogP contribution in [0.25, 0.3) is 87.7 Å². The highest BCUT2D eigenvalue weighted by Gasteiger charge is 2.37. The molecular weight excluding hydrogens is 877 g/mol. The minimum absolute atomic E-state index is 0.108. The molecule has 0 spiro atoms. The summed E-state index contributed by atoms with van der Waals surface area (Å²) in [7, 11) is 0. The van der Waals surface area contributed by atoms with E-state index >= 15 is 0 Å². The molecule has 4 nitrogen and oxygen atoms in total. The lowest BCUT2D eigenvalue weighted by molar-refractivity contribution is 0.634. The van der Waals surface area contributed by atoms with E-state index in [-0.39, 0.29) is 10.8 Å². The van der Waals surface area contributed by atoms with Gasteiger partial charge in [-0.2, -0.15) is 0 Å². The predicted octanol–water partition coefficient (Wildman–Crippen LogP) is 19.3. The van der Waals surface area contributed by atoms with Crippen LogP contribution < -0.4 is 9.80 Å². The Bertz CT molecular complexity index is 4120. The third-order valence-electron chi connectivity index (χ3n) is 16.2. The first-order valence-electron chi connectivity index (χ1n) is 25.1. The zero-order valence-corrected chi connectivity index (χ0v) is 40.5. The molecular formula is C68H48N2O2. The second kappa shape index (κ2) is 14.8. The molecule has 0 saturated heterocycles. The van der Waals surface area contributed by atoms with Crippen molar-refractivity contribution in [2.24, 2.45) is 0 Å². The Hall–Kier alpha value is -8.86. The molecule has 0 saturated carbocycles. The average molecular weight is 925 g/mol. The highest BCUT2D eigenvalue weighted by molar-refractivity contribution is 6.21. The van der Waals surface area contributed by atoms with Crippen LogP contribution in [-0.4, -0.2) is 0 Å². The van der Waals surface area contributed by atoms with Crippen LogP contribution in [0.3, 0.4) is 0 Å². The predicted molar refractivity (Wildman–Crippen MR) is 301 cm³/mol. The van der Waals surface area contributed by atoms with Gasteiger partial charge >= 0.3 is 0 Å². The van der Waals surface area contributed by atoms with Crippen molar-refractivity contribution >= 4 is 99.5 Å². The zero-order chi connectivity index (χ0) is 48.0. The maximum Gasteiger partial charge on any atom is 0.178 e. The fourth-order valence-electron chi connectivity index (χ4n) is 12.5. The molecule has 2 aliphatic carbocycles. The summed E-state index contributed by atoms with van der Waals surface area (Å²) in [5.74, 6) is 0. The first kappa shape index (κ1) is 41.0. The van der Waals surface area contributed by atoms with Gasteiger partial charge in [0.05, 0.1) is 0 Å². The lowest BCUT2D eigenvalue weighted by atomic mass is 9.82. The van der Waals surface area contributed by atoms with Crippen LogP contribution in [0.1, 0.15) is 49.9 Å². The van der Waals surface area contributed by atoms with Gasteiger partial charge in [-0.25, -0.2) is 0 Å². The normalized spacial score (nSPS) is 14.1. The molecule has 0 unspecified atom stereocenters. The largest absolute Gasteiger partial charge is 0.452 e.